The second-order valence-electron chi connectivity index (χ2n) is 6.27. The highest BCUT2D eigenvalue weighted by Crippen LogP contribution is 2.27. The van der Waals surface area contributed by atoms with E-state index >= 15 is 0 Å². The van der Waals surface area contributed by atoms with Crippen LogP contribution in [0.5, 0.6) is 0 Å². The Morgan fingerprint density at radius 1 is 1.20 bits per heavy atom. The monoisotopic (exact) mass is 378 g/mol. The molecule has 25 heavy (non-hydrogen) atoms. The van der Waals surface area contributed by atoms with Crippen molar-refractivity contribution in [3.8, 4) is 0 Å². The molecule has 7 heteroatoms. The van der Waals surface area contributed by atoms with Crippen LogP contribution in [0, 0.1) is 6.92 Å². The van der Waals surface area contributed by atoms with Crippen LogP contribution in [0.1, 0.15) is 16.7 Å². The fourth-order valence-corrected chi connectivity index (χ4v) is 4.28. The number of hydrogen-bond donors (Lipinski definition) is 1. The number of nitrogens with one attached hydrogen (secondary N) is 1. The van der Waals surface area contributed by atoms with Crippen molar-refractivity contribution < 1.29 is 13.2 Å². The molecular formula is C18H19ClN2O3S. The number of benzene rings is 2. The Bertz CT molecular complexity index is 928. The van der Waals surface area contributed by atoms with E-state index in [2.05, 4.69) is 5.32 Å². The summed E-state index contributed by atoms with van der Waals surface area (Å²) in [5, 5.41) is 2.41. The lowest BCUT2D eigenvalue weighted by Gasteiger charge is -2.35. The van der Waals surface area contributed by atoms with Gasteiger partial charge in [0.2, 0.25) is 0 Å². The Balaban J connectivity index is 1.93. The number of halogens is 1. The third-order valence-electron chi connectivity index (χ3n) is 4.40. The number of fused-ring (bicyclic) bond motifs is 1. The summed E-state index contributed by atoms with van der Waals surface area (Å²) in [6, 6.07) is 12.3. The largest absolute Gasteiger partial charge is 0.323 e. The number of carbonyl (C=O) groups excluding carboxylic acids is 1. The first-order valence-corrected chi connectivity index (χ1v) is 10.2. The van der Waals surface area contributed by atoms with Gasteiger partial charge in [-0.2, -0.15) is 0 Å². The Morgan fingerprint density at radius 2 is 1.88 bits per heavy atom. The van der Waals surface area contributed by atoms with Crippen LogP contribution in [0.4, 0.5) is 10.5 Å². The zero-order chi connectivity index (χ0) is 18.2. The normalized spacial score (nSPS) is 17.1. The minimum Gasteiger partial charge on any atom is -0.307 e. The van der Waals surface area contributed by atoms with Gasteiger partial charge in [-0.25, -0.2) is 13.2 Å². The molecule has 1 unspecified atom stereocenters. The van der Waals surface area contributed by atoms with Crippen molar-refractivity contribution in [2.45, 2.75) is 25.3 Å². The number of sulfone groups is 1. The number of rotatable bonds is 2. The van der Waals surface area contributed by atoms with E-state index in [4.69, 9.17) is 11.6 Å². The third kappa shape index (κ3) is 3.80. The number of anilines is 1. The van der Waals surface area contributed by atoms with Crippen molar-refractivity contribution in [1.29, 1.82) is 0 Å². The lowest BCUT2D eigenvalue weighted by Crippen LogP contribution is -2.49. The molecule has 132 valence electrons. The molecule has 3 rings (SSSR count). The Kier molecular flexibility index (Phi) is 4.75. The maximum atomic E-state index is 12.8. The molecule has 0 aliphatic carbocycles. The van der Waals surface area contributed by atoms with Crippen LogP contribution < -0.4 is 5.32 Å². The molecule has 1 atom stereocenters. The van der Waals surface area contributed by atoms with Crippen molar-refractivity contribution in [2.24, 2.45) is 0 Å². The number of urea groups is 1. The first kappa shape index (κ1) is 17.8. The molecule has 2 aromatic rings. The molecule has 1 aliphatic rings. The van der Waals surface area contributed by atoms with Gasteiger partial charge in [-0.1, -0.05) is 41.9 Å². The molecule has 0 spiro atoms. The van der Waals surface area contributed by atoms with E-state index < -0.39 is 21.2 Å². The number of nitrogens with zero attached hydrogens (tertiary/aromatic N) is 1. The highest BCUT2D eigenvalue weighted by Gasteiger charge is 2.36. The number of amides is 2. The molecule has 0 bridgehead atoms. The molecule has 0 saturated heterocycles. The minimum absolute atomic E-state index is 0.249. The van der Waals surface area contributed by atoms with Crippen molar-refractivity contribution in [3.05, 3.63) is 64.2 Å². The summed E-state index contributed by atoms with van der Waals surface area (Å²) in [7, 11) is -3.43. The Morgan fingerprint density at radius 3 is 2.56 bits per heavy atom. The van der Waals surface area contributed by atoms with Crippen LogP contribution in [0.3, 0.4) is 0 Å². The number of hydrogen-bond acceptors (Lipinski definition) is 3. The predicted octanol–water partition coefficient (Wildman–Crippen LogP) is 3.61. The molecule has 0 radical (unpaired) electrons. The van der Waals surface area contributed by atoms with Gasteiger partial charge in [-0.05, 0) is 35.7 Å². The molecule has 0 aromatic heterocycles. The second kappa shape index (κ2) is 6.69. The fraction of sp³-hybridized carbons (Fsp3) is 0.278. The summed E-state index contributed by atoms with van der Waals surface area (Å²) in [6.07, 6.45) is 1.45. The van der Waals surface area contributed by atoms with Crippen LogP contribution in [-0.2, 0) is 22.8 Å². The first-order valence-electron chi connectivity index (χ1n) is 7.85. The van der Waals surface area contributed by atoms with E-state index in [0.717, 1.165) is 22.9 Å². The van der Waals surface area contributed by atoms with Gasteiger partial charge < -0.3 is 10.2 Å². The van der Waals surface area contributed by atoms with Crippen molar-refractivity contribution in [3.63, 3.8) is 0 Å². The number of carbonyl (C=O) groups is 1. The molecule has 5 nitrogen and oxygen atoms in total. The molecule has 1 aliphatic heterocycles. The highest BCUT2D eigenvalue weighted by molar-refractivity contribution is 7.91. The first-order chi connectivity index (χ1) is 11.8. The standard InChI is InChI=1S/C18H19ClN2O3S/c1-12-7-8-15(19)10-16(12)20-18(22)21-11-14-6-4-3-5-13(14)9-17(21)25(2,23)24/h3-8,10,17H,9,11H2,1-2H3,(H,20,22). The minimum atomic E-state index is -3.43. The maximum absolute atomic E-state index is 12.8. The van der Waals surface area contributed by atoms with Crippen molar-refractivity contribution in [2.75, 3.05) is 11.6 Å². The second-order valence-corrected chi connectivity index (χ2v) is 8.91. The Hall–Kier alpha value is -2.05. The summed E-state index contributed by atoms with van der Waals surface area (Å²) in [4.78, 5) is 14.2. The average molecular weight is 379 g/mol. The molecule has 1 N–H and O–H groups in total. The third-order valence-corrected chi connectivity index (χ3v) is 6.04. The van der Waals surface area contributed by atoms with Crippen LogP contribution in [-0.4, -0.2) is 31.0 Å². The van der Waals surface area contributed by atoms with Crippen molar-refractivity contribution >= 4 is 33.2 Å². The maximum Gasteiger partial charge on any atom is 0.323 e. The lowest BCUT2D eigenvalue weighted by molar-refractivity contribution is 0.197. The number of aryl methyl sites for hydroxylation is 1. The van der Waals surface area contributed by atoms with E-state index in [1.807, 2.05) is 31.2 Å². The summed E-state index contributed by atoms with van der Waals surface area (Å²) in [5.41, 5.74) is 3.34. The van der Waals surface area contributed by atoms with Gasteiger partial charge in [0.05, 0.1) is 0 Å². The summed E-state index contributed by atoms with van der Waals surface area (Å²) in [6.45, 7) is 2.10. The molecule has 2 amide bonds. The van der Waals surface area contributed by atoms with E-state index in [0.29, 0.717) is 10.7 Å². The van der Waals surface area contributed by atoms with E-state index in [1.54, 1.807) is 18.2 Å². The molecule has 0 saturated carbocycles. The summed E-state index contributed by atoms with van der Waals surface area (Å²) < 4.78 is 24.5. The highest BCUT2D eigenvalue weighted by atomic mass is 35.5. The van der Waals surface area contributed by atoms with Gasteiger partial charge in [-0.3, -0.25) is 0 Å². The van der Waals surface area contributed by atoms with Crippen LogP contribution in [0.15, 0.2) is 42.5 Å². The quantitative estimate of drug-likeness (QED) is 0.868. The molecule has 0 fully saturated rings. The summed E-state index contributed by atoms with van der Waals surface area (Å²) in [5.74, 6) is 0. The predicted molar refractivity (Wildman–Crippen MR) is 99.5 cm³/mol. The zero-order valence-electron chi connectivity index (χ0n) is 14.0. The smallest absolute Gasteiger partial charge is 0.307 e. The van der Waals surface area contributed by atoms with Gasteiger partial charge in [0.15, 0.2) is 9.84 Å². The SMILES string of the molecule is Cc1ccc(Cl)cc1NC(=O)N1Cc2ccccc2CC1S(C)(=O)=O. The van der Waals surface area contributed by atoms with Crippen LogP contribution in [0.2, 0.25) is 5.02 Å². The van der Waals surface area contributed by atoms with Gasteiger partial charge in [0.1, 0.15) is 5.37 Å². The van der Waals surface area contributed by atoms with Gasteiger partial charge in [-0.15, -0.1) is 0 Å². The van der Waals surface area contributed by atoms with Crippen LogP contribution in [0.25, 0.3) is 0 Å². The molecule has 1 heterocycles. The molecular weight excluding hydrogens is 360 g/mol. The molecule has 2 aromatic carbocycles. The van der Waals surface area contributed by atoms with E-state index in [1.165, 1.54) is 4.90 Å². The lowest BCUT2D eigenvalue weighted by atomic mass is 10.00. The van der Waals surface area contributed by atoms with Gasteiger partial charge in [0, 0.05) is 29.9 Å². The summed E-state index contributed by atoms with van der Waals surface area (Å²) >= 11 is 5.99. The van der Waals surface area contributed by atoms with Gasteiger partial charge in [0.25, 0.3) is 0 Å². The van der Waals surface area contributed by atoms with Crippen LogP contribution >= 0.6 is 11.6 Å². The van der Waals surface area contributed by atoms with Crippen molar-refractivity contribution in [1.82, 2.24) is 4.90 Å². The zero-order valence-corrected chi connectivity index (χ0v) is 15.6. The average Bonchev–Trinajstić information content (AvgIpc) is 2.56. The topological polar surface area (TPSA) is 66.5 Å². The van der Waals surface area contributed by atoms with Gasteiger partial charge >= 0.3 is 6.03 Å². The van der Waals surface area contributed by atoms with E-state index in [-0.39, 0.29) is 13.0 Å². The fourth-order valence-electron chi connectivity index (χ4n) is 3.00. The van der Waals surface area contributed by atoms with E-state index in [9.17, 15) is 13.2 Å². The Labute approximate surface area is 152 Å².